The lowest BCUT2D eigenvalue weighted by Gasteiger charge is -2.33. The second-order valence-electron chi connectivity index (χ2n) is 10.6. The Morgan fingerprint density at radius 3 is 2.46 bits per heavy atom. The summed E-state index contributed by atoms with van der Waals surface area (Å²) in [5.74, 6) is 1.17. The van der Waals surface area contributed by atoms with Crippen LogP contribution in [-0.2, 0) is 9.47 Å². The number of hydrogen-bond donors (Lipinski definition) is 1. The number of halogens is 3. The lowest BCUT2D eigenvalue weighted by Crippen LogP contribution is -2.40. The Labute approximate surface area is 233 Å². The first kappa shape index (κ1) is 28.0. The van der Waals surface area contributed by atoms with Crippen LogP contribution in [0.3, 0.4) is 0 Å². The minimum absolute atomic E-state index is 0.0350. The molecule has 0 unspecified atom stereocenters. The maximum absolute atomic E-state index is 12.3. The van der Waals surface area contributed by atoms with Crippen molar-refractivity contribution in [3.63, 3.8) is 0 Å². The summed E-state index contributed by atoms with van der Waals surface area (Å²) in [5.41, 5.74) is 0.403. The Hall–Kier alpha value is -2.00. The molecule has 1 aromatic carbocycles. The predicted octanol–water partition coefficient (Wildman–Crippen LogP) is 6.60. The second-order valence-corrected chi connectivity index (χ2v) is 11.8. The van der Waals surface area contributed by atoms with Gasteiger partial charge in [0.1, 0.15) is 10.6 Å². The number of benzene rings is 1. The fourth-order valence-corrected chi connectivity index (χ4v) is 5.26. The van der Waals surface area contributed by atoms with Gasteiger partial charge in [0, 0.05) is 29.7 Å². The summed E-state index contributed by atoms with van der Waals surface area (Å²) < 4.78 is 11.8. The highest BCUT2D eigenvalue weighted by Crippen LogP contribution is 2.31. The topological polar surface area (TPSA) is 79.8 Å². The molecule has 2 aliphatic heterocycles. The minimum Gasteiger partial charge on any atom is -0.444 e. The highest BCUT2D eigenvalue weighted by Gasteiger charge is 2.33. The molecule has 2 aliphatic rings. The summed E-state index contributed by atoms with van der Waals surface area (Å²) in [5, 5.41) is 4.95. The number of aromatic nitrogens is 2. The highest BCUT2D eigenvalue weighted by atomic mass is 35.5. The molecule has 0 bridgehead atoms. The number of piperidine rings is 1. The molecule has 3 heterocycles. The summed E-state index contributed by atoms with van der Waals surface area (Å²) in [6, 6.07) is 5.29. The van der Waals surface area contributed by atoms with Gasteiger partial charge in [-0.2, -0.15) is 4.98 Å². The van der Waals surface area contributed by atoms with Gasteiger partial charge in [0.25, 0.3) is 0 Å². The maximum Gasteiger partial charge on any atom is 0.410 e. The lowest BCUT2D eigenvalue weighted by molar-refractivity contribution is -0.0209. The minimum atomic E-state index is -0.497. The van der Waals surface area contributed by atoms with Gasteiger partial charge < -0.3 is 24.6 Å². The quantitative estimate of drug-likeness (QED) is 0.419. The average Bonchev–Trinajstić information content (AvgIpc) is 3.29. The van der Waals surface area contributed by atoms with Gasteiger partial charge in [-0.1, -0.05) is 40.9 Å². The van der Waals surface area contributed by atoms with E-state index in [0.717, 1.165) is 37.9 Å². The van der Waals surface area contributed by atoms with E-state index in [9.17, 15) is 4.79 Å². The fourth-order valence-electron chi connectivity index (χ4n) is 4.54. The molecule has 37 heavy (non-hydrogen) atoms. The van der Waals surface area contributed by atoms with Crippen LogP contribution < -0.4 is 10.2 Å². The zero-order valence-corrected chi connectivity index (χ0v) is 23.9. The van der Waals surface area contributed by atoms with Crippen LogP contribution in [0.2, 0.25) is 15.1 Å². The number of likely N-dealkylation sites (tertiary alicyclic amines) is 1. The summed E-state index contributed by atoms with van der Waals surface area (Å²) in [6.07, 6.45) is 4.05. The molecular weight excluding hydrogens is 537 g/mol. The second kappa shape index (κ2) is 11.8. The molecule has 2 atom stereocenters. The smallest absolute Gasteiger partial charge is 0.410 e. The van der Waals surface area contributed by atoms with E-state index in [1.54, 1.807) is 23.2 Å². The van der Waals surface area contributed by atoms with Crippen molar-refractivity contribution in [2.45, 2.75) is 70.8 Å². The Bertz CT molecular complexity index is 1110. The summed E-state index contributed by atoms with van der Waals surface area (Å²) >= 11 is 18.8. The van der Waals surface area contributed by atoms with Crippen molar-refractivity contribution in [2.24, 2.45) is 0 Å². The van der Waals surface area contributed by atoms with Crippen molar-refractivity contribution < 1.29 is 14.3 Å². The number of rotatable bonds is 6. The van der Waals surface area contributed by atoms with Crippen LogP contribution in [0.4, 0.5) is 16.6 Å². The highest BCUT2D eigenvalue weighted by molar-refractivity contribution is 6.35. The molecule has 1 aromatic heterocycles. The number of hydrogen-bond acceptors (Lipinski definition) is 7. The van der Waals surface area contributed by atoms with Crippen molar-refractivity contribution >= 4 is 52.7 Å². The van der Waals surface area contributed by atoms with Crippen molar-refractivity contribution in [1.82, 2.24) is 14.9 Å². The van der Waals surface area contributed by atoms with Crippen LogP contribution in [0.1, 0.15) is 58.6 Å². The van der Waals surface area contributed by atoms with E-state index in [4.69, 9.17) is 49.3 Å². The number of ether oxygens (including phenoxy) is 2. The molecule has 1 amide bonds. The van der Waals surface area contributed by atoms with Crippen molar-refractivity contribution in [2.75, 3.05) is 36.4 Å². The van der Waals surface area contributed by atoms with Gasteiger partial charge in [-0.05, 0) is 64.7 Å². The third kappa shape index (κ3) is 7.53. The molecular formula is C26H34Cl3N5O3. The molecule has 2 saturated heterocycles. The summed E-state index contributed by atoms with van der Waals surface area (Å²) in [6.45, 7) is 10.4. The Kier molecular flexibility index (Phi) is 8.94. The normalized spacial score (nSPS) is 19.7. The summed E-state index contributed by atoms with van der Waals surface area (Å²) in [7, 11) is 0. The number of nitrogens with zero attached hydrogens (tertiary/aromatic N) is 4. The van der Waals surface area contributed by atoms with Gasteiger partial charge >= 0.3 is 6.09 Å². The van der Waals surface area contributed by atoms with Gasteiger partial charge in [0.05, 0.1) is 31.0 Å². The molecule has 0 radical (unpaired) electrons. The monoisotopic (exact) mass is 569 g/mol. The van der Waals surface area contributed by atoms with Crippen LogP contribution in [-0.4, -0.2) is 64.9 Å². The Morgan fingerprint density at radius 1 is 1.08 bits per heavy atom. The van der Waals surface area contributed by atoms with Gasteiger partial charge in [0.15, 0.2) is 5.82 Å². The van der Waals surface area contributed by atoms with E-state index < -0.39 is 5.60 Å². The first-order valence-electron chi connectivity index (χ1n) is 12.6. The number of anilines is 2. The van der Waals surface area contributed by atoms with Crippen LogP contribution >= 0.6 is 34.8 Å². The van der Waals surface area contributed by atoms with Crippen molar-refractivity contribution in [3.05, 3.63) is 45.0 Å². The third-order valence-electron chi connectivity index (χ3n) is 6.42. The largest absolute Gasteiger partial charge is 0.444 e. The SMILES string of the molecule is C[C@@H](Nc1nc(N2CCC(O[C@H]3CCN(C(=O)OC(C)(C)C)C3)CC2)ncc1Cl)c1ccc(Cl)cc1Cl. The standard InChI is InChI=1S/C26H34Cl3N5O3/c1-16(20-6-5-17(27)13-21(20)28)31-23-22(29)14-30-24(32-23)33-10-7-18(8-11-33)36-19-9-12-34(15-19)25(35)37-26(2,3)4/h5-6,13-14,16,18-19H,7-12,15H2,1-4H3,(H,30,31,32)/t16-,19+/m1/s1. The van der Waals surface area contributed by atoms with Gasteiger partial charge in [-0.3, -0.25) is 0 Å². The average molecular weight is 571 g/mol. The third-order valence-corrected chi connectivity index (χ3v) is 7.26. The van der Waals surface area contributed by atoms with Crippen LogP contribution in [0.15, 0.2) is 24.4 Å². The Balaban J connectivity index is 1.29. The predicted molar refractivity (Wildman–Crippen MR) is 148 cm³/mol. The number of carbonyl (C=O) groups excluding carboxylic acids is 1. The number of amides is 1. The van der Waals surface area contributed by atoms with Crippen LogP contribution in [0.25, 0.3) is 0 Å². The van der Waals surface area contributed by atoms with Crippen LogP contribution in [0.5, 0.6) is 0 Å². The Morgan fingerprint density at radius 2 is 1.78 bits per heavy atom. The van der Waals surface area contributed by atoms with E-state index in [1.807, 2.05) is 33.8 Å². The zero-order chi connectivity index (χ0) is 26.7. The summed E-state index contributed by atoms with van der Waals surface area (Å²) in [4.78, 5) is 25.4. The van der Waals surface area contributed by atoms with Gasteiger partial charge in [-0.25, -0.2) is 9.78 Å². The first-order chi connectivity index (χ1) is 17.5. The van der Waals surface area contributed by atoms with Crippen LogP contribution in [0, 0.1) is 0 Å². The molecule has 4 rings (SSSR count). The van der Waals surface area contributed by atoms with E-state index in [0.29, 0.717) is 39.9 Å². The van der Waals surface area contributed by atoms with E-state index in [1.165, 1.54) is 0 Å². The molecule has 202 valence electrons. The molecule has 2 fully saturated rings. The molecule has 1 N–H and O–H groups in total. The van der Waals surface area contributed by atoms with E-state index in [-0.39, 0.29) is 24.3 Å². The first-order valence-corrected chi connectivity index (χ1v) is 13.7. The molecule has 2 aromatic rings. The number of nitrogens with one attached hydrogen (secondary N) is 1. The molecule has 11 heteroatoms. The molecule has 8 nitrogen and oxygen atoms in total. The van der Waals surface area contributed by atoms with E-state index >= 15 is 0 Å². The molecule has 0 saturated carbocycles. The fraction of sp³-hybridized carbons (Fsp3) is 0.577. The maximum atomic E-state index is 12.3. The van der Waals surface area contributed by atoms with Crippen molar-refractivity contribution in [3.8, 4) is 0 Å². The molecule has 0 aliphatic carbocycles. The zero-order valence-electron chi connectivity index (χ0n) is 21.6. The number of carbonyl (C=O) groups is 1. The van der Waals surface area contributed by atoms with E-state index in [2.05, 4.69) is 15.2 Å². The van der Waals surface area contributed by atoms with Gasteiger partial charge in [0.2, 0.25) is 5.95 Å². The lowest BCUT2D eigenvalue weighted by atomic mass is 10.1. The van der Waals surface area contributed by atoms with Crippen molar-refractivity contribution in [1.29, 1.82) is 0 Å². The van der Waals surface area contributed by atoms with Gasteiger partial charge in [-0.15, -0.1) is 0 Å². The molecule has 0 spiro atoms.